The molecule has 9 heteroatoms. The van der Waals surface area contributed by atoms with E-state index in [1.165, 1.54) is 6.92 Å². The van der Waals surface area contributed by atoms with Gasteiger partial charge in [0.2, 0.25) is 5.91 Å². The molecule has 3 aliphatic rings. The summed E-state index contributed by atoms with van der Waals surface area (Å²) in [5.41, 5.74) is 5.29. The first-order valence-electron chi connectivity index (χ1n) is 10.8. The molecule has 1 aromatic carbocycles. The van der Waals surface area contributed by atoms with E-state index in [9.17, 15) is 24.6 Å². The Morgan fingerprint density at radius 1 is 1.24 bits per heavy atom. The summed E-state index contributed by atoms with van der Waals surface area (Å²) in [5, 5.41) is 24.8. The highest BCUT2D eigenvalue weighted by Crippen LogP contribution is 2.46. The van der Waals surface area contributed by atoms with Crippen molar-refractivity contribution in [2.24, 2.45) is 0 Å². The predicted octanol–water partition coefficient (Wildman–Crippen LogP) is 1.65. The number of pyridine rings is 2. The molecular formula is C24H21N3O6. The predicted molar refractivity (Wildman–Crippen MR) is 117 cm³/mol. The maximum absolute atomic E-state index is 13.3. The molecule has 0 saturated heterocycles. The summed E-state index contributed by atoms with van der Waals surface area (Å²) in [6.07, 6.45) is -0.187. The molecule has 4 heterocycles. The van der Waals surface area contributed by atoms with E-state index >= 15 is 0 Å². The highest BCUT2D eigenvalue weighted by molar-refractivity contribution is 5.94. The van der Waals surface area contributed by atoms with Crippen LogP contribution in [-0.4, -0.2) is 31.6 Å². The van der Waals surface area contributed by atoms with Crippen molar-refractivity contribution in [3.8, 4) is 17.1 Å². The number of aromatic nitrogens is 2. The van der Waals surface area contributed by atoms with Gasteiger partial charge in [-0.25, -0.2) is 9.78 Å². The van der Waals surface area contributed by atoms with Crippen LogP contribution in [0.5, 0.6) is 5.75 Å². The van der Waals surface area contributed by atoms with Crippen LogP contribution in [0.25, 0.3) is 22.3 Å². The Kier molecular flexibility index (Phi) is 4.01. The molecule has 1 aliphatic carbocycles. The zero-order valence-corrected chi connectivity index (χ0v) is 18.1. The normalized spacial score (nSPS) is 20.2. The molecule has 0 spiro atoms. The number of aryl methyl sites for hydroxylation is 1. The quantitative estimate of drug-likeness (QED) is 0.378. The van der Waals surface area contributed by atoms with Crippen molar-refractivity contribution in [2.75, 3.05) is 0 Å². The van der Waals surface area contributed by atoms with Crippen LogP contribution < -0.4 is 10.9 Å². The minimum absolute atomic E-state index is 0.146. The van der Waals surface area contributed by atoms with Gasteiger partial charge in [-0.1, -0.05) is 0 Å². The number of nitrogens with one attached hydrogen (secondary N) is 1. The molecule has 2 aromatic heterocycles. The Hall–Kier alpha value is -3.72. The highest BCUT2D eigenvalue weighted by Gasteiger charge is 2.37. The van der Waals surface area contributed by atoms with Crippen molar-refractivity contribution in [2.45, 2.75) is 52.0 Å². The van der Waals surface area contributed by atoms with E-state index < -0.39 is 12.1 Å². The van der Waals surface area contributed by atoms with E-state index in [0.717, 1.165) is 27.6 Å². The number of hydrogen-bond acceptors (Lipinski definition) is 7. The SMILES string of the molecule is CC(=O)N[C@H]1CCc2c(C)c(O)cc3nc4c(c1c23)Cn1c-4cc2c(c1=O)COC(=O)[C@H]2O. The number of amides is 1. The Bertz CT molecular complexity index is 1490. The van der Waals surface area contributed by atoms with Gasteiger partial charge in [0.1, 0.15) is 12.4 Å². The molecule has 0 saturated carbocycles. The van der Waals surface area contributed by atoms with E-state index in [1.807, 2.05) is 6.92 Å². The lowest BCUT2D eigenvalue weighted by molar-refractivity contribution is -0.157. The largest absolute Gasteiger partial charge is 0.508 e. The third-order valence-electron chi connectivity index (χ3n) is 7.06. The van der Waals surface area contributed by atoms with Crippen molar-refractivity contribution in [3.63, 3.8) is 0 Å². The van der Waals surface area contributed by atoms with Gasteiger partial charge in [0, 0.05) is 29.5 Å². The lowest BCUT2D eigenvalue weighted by Gasteiger charge is -2.29. The number of ether oxygens (including phenoxy) is 1. The molecule has 168 valence electrons. The number of hydrogen-bond donors (Lipinski definition) is 3. The molecular weight excluding hydrogens is 426 g/mol. The number of esters is 1. The molecule has 0 fully saturated rings. The van der Waals surface area contributed by atoms with Crippen molar-refractivity contribution in [1.82, 2.24) is 14.9 Å². The number of phenolic OH excluding ortho intramolecular Hbond substituents is 1. The number of fused-ring (bicyclic) bond motifs is 5. The van der Waals surface area contributed by atoms with Crippen LogP contribution in [0.15, 0.2) is 16.9 Å². The molecule has 0 unspecified atom stereocenters. The average Bonchev–Trinajstić information content (AvgIpc) is 3.14. The van der Waals surface area contributed by atoms with Crippen molar-refractivity contribution < 1.29 is 24.5 Å². The van der Waals surface area contributed by atoms with Crippen LogP contribution in [-0.2, 0) is 33.9 Å². The monoisotopic (exact) mass is 447 g/mol. The molecule has 2 aliphatic heterocycles. The molecule has 1 amide bonds. The molecule has 3 aromatic rings. The number of nitrogens with zero attached hydrogens (tertiary/aromatic N) is 2. The van der Waals surface area contributed by atoms with E-state index in [0.29, 0.717) is 29.7 Å². The van der Waals surface area contributed by atoms with Gasteiger partial charge in [0.15, 0.2) is 6.10 Å². The molecule has 9 nitrogen and oxygen atoms in total. The zero-order valence-electron chi connectivity index (χ0n) is 18.1. The number of carbonyl (C=O) groups is 2. The summed E-state index contributed by atoms with van der Waals surface area (Å²) < 4.78 is 6.53. The molecule has 3 N–H and O–H groups in total. The molecule has 0 radical (unpaired) electrons. The van der Waals surface area contributed by atoms with Gasteiger partial charge in [0.05, 0.1) is 35.1 Å². The summed E-state index contributed by atoms with van der Waals surface area (Å²) in [7, 11) is 0. The van der Waals surface area contributed by atoms with Gasteiger partial charge >= 0.3 is 5.97 Å². The van der Waals surface area contributed by atoms with Crippen LogP contribution >= 0.6 is 0 Å². The van der Waals surface area contributed by atoms with Crippen molar-refractivity contribution in [3.05, 3.63) is 55.9 Å². The number of rotatable bonds is 1. The fraction of sp³-hybridized carbons (Fsp3) is 0.333. The first kappa shape index (κ1) is 19.9. The Labute approximate surface area is 187 Å². The molecule has 0 bridgehead atoms. The third kappa shape index (κ3) is 2.62. The maximum atomic E-state index is 13.3. The first-order chi connectivity index (χ1) is 15.8. The van der Waals surface area contributed by atoms with Gasteiger partial charge < -0.3 is 24.8 Å². The standard InChI is InChI=1S/C24H21N3O6/c1-9-11-3-4-15(25-10(2)28)20-13-7-27-17(21(13)26-16(19(11)20)6-18(9)29)5-12-14(23(27)31)8-33-24(32)22(12)30/h5-6,15,22,29-30H,3-4,7-8H2,1-2H3,(H,25,28)/t15-,22-/m0/s1. The van der Waals surface area contributed by atoms with Gasteiger partial charge in [-0.2, -0.15) is 0 Å². The Balaban J connectivity index is 1.68. The minimum Gasteiger partial charge on any atom is -0.508 e. The van der Waals surface area contributed by atoms with E-state index in [2.05, 4.69) is 5.32 Å². The van der Waals surface area contributed by atoms with E-state index in [4.69, 9.17) is 9.72 Å². The summed E-state index contributed by atoms with van der Waals surface area (Å²) in [5.74, 6) is -0.796. The number of carbonyl (C=O) groups excluding carboxylic acids is 2. The lowest BCUT2D eigenvalue weighted by Crippen LogP contribution is -2.32. The second kappa shape index (κ2) is 6.64. The summed E-state index contributed by atoms with van der Waals surface area (Å²) in [6, 6.07) is 2.98. The number of aliphatic hydroxyl groups excluding tert-OH is 1. The Morgan fingerprint density at radius 3 is 2.79 bits per heavy atom. The fourth-order valence-corrected chi connectivity index (χ4v) is 5.51. The first-order valence-corrected chi connectivity index (χ1v) is 10.8. The van der Waals surface area contributed by atoms with Crippen LogP contribution in [0.2, 0.25) is 0 Å². The number of benzene rings is 1. The second-order valence-electron chi connectivity index (χ2n) is 8.90. The van der Waals surface area contributed by atoms with Gasteiger partial charge in [-0.15, -0.1) is 0 Å². The van der Waals surface area contributed by atoms with Crippen LogP contribution in [0.3, 0.4) is 0 Å². The fourth-order valence-electron chi connectivity index (χ4n) is 5.51. The van der Waals surface area contributed by atoms with Gasteiger partial charge in [-0.05, 0) is 42.5 Å². The number of aliphatic hydroxyl groups is 1. The van der Waals surface area contributed by atoms with Crippen LogP contribution in [0.4, 0.5) is 0 Å². The molecule has 6 rings (SSSR count). The van der Waals surface area contributed by atoms with Gasteiger partial charge in [-0.3, -0.25) is 9.59 Å². The number of aromatic hydroxyl groups is 1. The van der Waals surface area contributed by atoms with Crippen molar-refractivity contribution in [1.29, 1.82) is 0 Å². The van der Waals surface area contributed by atoms with Gasteiger partial charge in [0.25, 0.3) is 5.56 Å². The summed E-state index contributed by atoms with van der Waals surface area (Å²) >= 11 is 0. The molecule has 2 atom stereocenters. The summed E-state index contributed by atoms with van der Waals surface area (Å²) in [4.78, 5) is 42.0. The Morgan fingerprint density at radius 2 is 2.03 bits per heavy atom. The zero-order chi connectivity index (χ0) is 23.2. The van der Waals surface area contributed by atoms with Crippen LogP contribution in [0, 0.1) is 6.92 Å². The third-order valence-corrected chi connectivity index (χ3v) is 7.06. The van der Waals surface area contributed by atoms with E-state index in [-0.39, 0.29) is 47.5 Å². The van der Waals surface area contributed by atoms with Crippen molar-refractivity contribution >= 4 is 22.8 Å². The number of phenols is 1. The maximum Gasteiger partial charge on any atom is 0.340 e. The average molecular weight is 447 g/mol. The smallest absolute Gasteiger partial charge is 0.340 e. The lowest BCUT2D eigenvalue weighted by atomic mass is 9.81. The highest BCUT2D eigenvalue weighted by atomic mass is 16.5. The number of cyclic esters (lactones) is 1. The van der Waals surface area contributed by atoms with E-state index in [1.54, 1.807) is 16.7 Å². The minimum atomic E-state index is -1.53. The summed E-state index contributed by atoms with van der Waals surface area (Å²) in [6.45, 7) is 3.41. The second-order valence-corrected chi connectivity index (χ2v) is 8.90. The molecule has 33 heavy (non-hydrogen) atoms. The topological polar surface area (TPSA) is 131 Å². The van der Waals surface area contributed by atoms with Crippen LogP contribution in [0.1, 0.15) is 58.9 Å².